The smallest absolute Gasteiger partial charge is 0.188 e. The van der Waals surface area contributed by atoms with Gasteiger partial charge in [0.05, 0.1) is 19.3 Å². The number of nitrogens with one attached hydrogen (secondary N) is 1. The summed E-state index contributed by atoms with van der Waals surface area (Å²) >= 11 is 0. The lowest BCUT2D eigenvalue weighted by atomic mass is 9.96. The first-order valence-corrected chi connectivity index (χ1v) is 8.54. The number of aliphatic imine (C=N–C) groups is 1. The highest BCUT2D eigenvalue weighted by Crippen LogP contribution is 2.17. The fourth-order valence-electron chi connectivity index (χ4n) is 3.27. The maximum atomic E-state index is 6.01. The molecule has 5 heteroatoms. The van der Waals surface area contributed by atoms with E-state index in [-0.39, 0.29) is 6.10 Å². The van der Waals surface area contributed by atoms with Gasteiger partial charge in [0.2, 0.25) is 0 Å². The van der Waals surface area contributed by atoms with Crippen LogP contribution in [0.15, 0.2) is 4.99 Å². The van der Waals surface area contributed by atoms with E-state index in [4.69, 9.17) is 10.5 Å². The van der Waals surface area contributed by atoms with Crippen molar-refractivity contribution in [3.8, 4) is 0 Å². The molecule has 0 radical (unpaired) electrons. The Kier molecular flexibility index (Phi) is 6.77. The van der Waals surface area contributed by atoms with Gasteiger partial charge in [-0.2, -0.15) is 0 Å². The minimum absolute atomic E-state index is 0.184. The van der Waals surface area contributed by atoms with Gasteiger partial charge in [-0.25, -0.2) is 0 Å². The molecule has 1 atom stereocenters. The predicted molar refractivity (Wildman–Crippen MR) is 87.5 cm³/mol. The summed E-state index contributed by atoms with van der Waals surface area (Å²) in [5, 5.41) is 3.36. The molecular weight excluding hydrogens is 264 g/mol. The van der Waals surface area contributed by atoms with Gasteiger partial charge in [0.25, 0.3) is 0 Å². The minimum atomic E-state index is 0.184. The van der Waals surface area contributed by atoms with Gasteiger partial charge >= 0.3 is 0 Å². The molecule has 0 aromatic carbocycles. The second-order valence-corrected chi connectivity index (χ2v) is 6.85. The van der Waals surface area contributed by atoms with Crippen LogP contribution in [0.25, 0.3) is 0 Å². The molecule has 2 rings (SSSR count). The fourth-order valence-corrected chi connectivity index (χ4v) is 3.27. The van der Waals surface area contributed by atoms with E-state index in [0.717, 1.165) is 26.2 Å². The van der Waals surface area contributed by atoms with Crippen LogP contribution < -0.4 is 11.1 Å². The number of rotatable bonds is 5. The zero-order chi connectivity index (χ0) is 15.1. The Balaban J connectivity index is 1.71. The molecule has 1 unspecified atom stereocenters. The van der Waals surface area contributed by atoms with Crippen LogP contribution in [0, 0.1) is 5.92 Å². The number of hydrogen-bond acceptors (Lipinski definition) is 3. The molecular formula is C16H32N4O. The lowest BCUT2D eigenvalue weighted by Crippen LogP contribution is -2.46. The highest BCUT2D eigenvalue weighted by atomic mass is 16.5. The molecule has 0 aromatic rings. The molecule has 1 saturated carbocycles. The van der Waals surface area contributed by atoms with Crippen molar-refractivity contribution in [2.75, 3.05) is 32.8 Å². The number of nitrogens with zero attached hydrogens (tertiary/aromatic N) is 2. The number of morpholine rings is 1. The molecule has 1 aliphatic heterocycles. The van der Waals surface area contributed by atoms with E-state index in [9.17, 15) is 0 Å². The Morgan fingerprint density at radius 2 is 2.10 bits per heavy atom. The third kappa shape index (κ3) is 6.22. The molecule has 2 fully saturated rings. The van der Waals surface area contributed by atoms with Crippen LogP contribution in [0.3, 0.4) is 0 Å². The lowest BCUT2D eigenvalue weighted by Gasteiger charge is -2.33. The van der Waals surface area contributed by atoms with Crippen molar-refractivity contribution >= 4 is 5.96 Å². The van der Waals surface area contributed by atoms with E-state index >= 15 is 0 Å². The van der Waals surface area contributed by atoms with Gasteiger partial charge in [0, 0.05) is 25.7 Å². The van der Waals surface area contributed by atoms with Crippen LogP contribution in [-0.4, -0.2) is 55.8 Å². The minimum Gasteiger partial charge on any atom is -0.374 e. The zero-order valence-electron chi connectivity index (χ0n) is 13.7. The average molecular weight is 296 g/mol. The van der Waals surface area contributed by atoms with Crippen LogP contribution in [0.2, 0.25) is 0 Å². The van der Waals surface area contributed by atoms with Gasteiger partial charge in [0.15, 0.2) is 5.96 Å². The van der Waals surface area contributed by atoms with Crippen molar-refractivity contribution in [3.63, 3.8) is 0 Å². The number of guanidine groups is 1. The Hall–Kier alpha value is -0.810. The van der Waals surface area contributed by atoms with Gasteiger partial charge in [0.1, 0.15) is 0 Å². The van der Waals surface area contributed by atoms with Crippen molar-refractivity contribution in [2.24, 2.45) is 16.6 Å². The molecule has 5 nitrogen and oxygen atoms in total. The monoisotopic (exact) mass is 296 g/mol. The molecule has 21 heavy (non-hydrogen) atoms. The Morgan fingerprint density at radius 1 is 1.33 bits per heavy atom. The predicted octanol–water partition coefficient (Wildman–Crippen LogP) is 1.58. The molecule has 1 heterocycles. The van der Waals surface area contributed by atoms with Crippen molar-refractivity contribution in [3.05, 3.63) is 0 Å². The van der Waals surface area contributed by atoms with Gasteiger partial charge < -0.3 is 15.8 Å². The maximum absolute atomic E-state index is 6.01. The first-order chi connectivity index (χ1) is 10.1. The summed E-state index contributed by atoms with van der Waals surface area (Å²) in [6.45, 7) is 9.14. The normalized spacial score (nSPS) is 26.2. The third-order valence-corrected chi connectivity index (χ3v) is 4.27. The van der Waals surface area contributed by atoms with E-state index in [2.05, 4.69) is 29.1 Å². The average Bonchev–Trinajstić information content (AvgIpc) is 2.46. The van der Waals surface area contributed by atoms with Gasteiger partial charge in [-0.15, -0.1) is 0 Å². The molecule has 0 amide bonds. The summed E-state index contributed by atoms with van der Waals surface area (Å²) in [5.74, 6) is 1.29. The van der Waals surface area contributed by atoms with E-state index in [1.807, 2.05) is 0 Å². The Bertz CT molecular complexity index is 326. The van der Waals surface area contributed by atoms with Crippen LogP contribution in [0.5, 0.6) is 0 Å². The second kappa shape index (κ2) is 8.59. The Labute approximate surface area is 129 Å². The molecule has 1 saturated heterocycles. The Morgan fingerprint density at radius 3 is 2.81 bits per heavy atom. The van der Waals surface area contributed by atoms with Gasteiger partial charge in [-0.05, 0) is 18.8 Å². The summed E-state index contributed by atoms with van der Waals surface area (Å²) in [6, 6.07) is 0.521. The fraction of sp³-hybridized carbons (Fsp3) is 0.938. The van der Waals surface area contributed by atoms with Crippen LogP contribution in [0.4, 0.5) is 0 Å². The summed E-state index contributed by atoms with van der Waals surface area (Å²) in [5.41, 5.74) is 6.01. The molecule has 0 bridgehead atoms. The van der Waals surface area contributed by atoms with E-state index < -0.39 is 0 Å². The maximum Gasteiger partial charge on any atom is 0.188 e. The van der Waals surface area contributed by atoms with E-state index in [0.29, 0.717) is 24.5 Å². The molecule has 1 aliphatic carbocycles. The van der Waals surface area contributed by atoms with Crippen molar-refractivity contribution in [1.82, 2.24) is 10.2 Å². The highest BCUT2D eigenvalue weighted by Gasteiger charge is 2.21. The molecule has 2 aliphatic rings. The summed E-state index contributed by atoms with van der Waals surface area (Å²) < 4.78 is 5.80. The van der Waals surface area contributed by atoms with Gasteiger partial charge in [-0.3, -0.25) is 9.89 Å². The quantitative estimate of drug-likeness (QED) is 0.597. The topological polar surface area (TPSA) is 62.9 Å². The first kappa shape index (κ1) is 16.6. The van der Waals surface area contributed by atoms with Crippen LogP contribution in [0.1, 0.15) is 46.0 Å². The zero-order valence-corrected chi connectivity index (χ0v) is 13.7. The second-order valence-electron chi connectivity index (χ2n) is 6.85. The number of nitrogens with two attached hydrogens (primary N) is 1. The van der Waals surface area contributed by atoms with E-state index in [1.165, 1.54) is 32.1 Å². The third-order valence-electron chi connectivity index (χ3n) is 4.27. The number of hydrogen-bond donors (Lipinski definition) is 2. The van der Waals surface area contributed by atoms with Crippen molar-refractivity contribution in [2.45, 2.75) is 58.1 Å². The van der Waals surface area contributed by atoms with Gasteiger partial charge in [-0.1, -0.05) is 33.1 Å². The SMILES string of the molecule is CC(C)CN1CCOC(CN=C(N)NC2CCCCC2)C1. The molecule has 0 aromatic heterocycles. The summed E-state index contributed by atoms with van der Waals surface area (Å²) in [6.07, 6.45) is 6.60. The van der Waals surface area contributed by atoms with Crippen molar-refractivity contribution < 1.29 is 4.74 Å². The largest absolute Gasteiger partial charge is 0.374 e. The number of ether oxygens (including phenoxy) is 1. The lowest BCUT2D eigenvalue weighted by molar-refractivity contribution is -0.0261. The van der Waals surface area contributed by atoms with Crippen molar-refractivity contribution in [1.29, 1.82) is 0 Å². The summed E-state index contributed by atoms with van der Waals surface area (Å²) in [4.78, 5) is 6.96. The molecule has 122 valence electrons. The summed E-state index contributed by atoms with van der Waals surface area (Å²) in [7, 11) is 0. The van der Waals surface area contributed by atoms with Crippen LogP contribution in [-0.2, 0) is 4.74 Å². The van der Waals surface area contributed by atoms with E-state index in [1.54, 1.807) is 0 Å². The highest BCUT2D eigenvalue weighted by molar-refractivity contribution is 5.78. The molecule has 0 spiro atoms. The van der Waals surface area contributed by atoms with Crippen LogP contribution >= 0.6 is 0 Å². The standard InChI is InChI=1S/C16H32N4O/c1-13(2)11-20-8-9-21-15(12-20)10-18-16(17)19-14-6-4-3-5-7-14/h13-15H,3-12H2,1-2H3,(H3,17,18,19). The molecule has 3 N–H and O–H groups in total. The first-order valence-electron chi connectivity index (χ1n) is 8.54.